The van der Waals surface area contributed by atoms with Crippen LogP contribution in [-0.4, -0.2) is 17.1 Å². The number of rotatable bonds is 5. The van der Waals surface area contributed by atoms with E-state index in [-0.39, 0.29) is 37.2 Å². The van der Waals surface area contributed by atoms with Gasteiger partial charge in [0.05, 0.1) is 19.2 Å². The van der Waals surface area contributed by atoms with Gasteiger partial charge in [-0.1, -0.05) is 12.1 Å². The SMILES string of the molecule is COc1ccc(CNc2nc(CN)nc3ccc(F)cc23)cc1.Cl.Cl. The highest BCUT2D eigenvalue weighted by molar-refractivity contribution is 5.89. The Kier molecular flexibility index (Phi) is 7.83. The average Bonchev–Trinajstić information content (AvgIpc) is 2.60. The summed E-state index contributed by atoms with van der Waals surface area (Å²) in [6.45, 7) is 0.779. The summed E-state index contributed by atoms with van der Waals surface area (Å²) in [4.78, 5) is 8.68. The summed E-state index contributed by atoms with van der Waals surface area (Å²) in [7, 11) is 1.63. The lowest BCUT2D eigenvalue weighted by molar-refractivity contribution is 0.414. The van der Waals surface area contributed by atoms with Gasteiger partial charge >= 0.3 is 0 Å². The lowest BCUT2D eigenvalue weighted by Crippen LogP contribution is -2.08. The number of ether oxygens (including phenoxy) is 1. The van der Waals surface area contributed by atoms with Crippen molar-refractivity contribution in [2.75, 3.05) is 12.4 Å². The van der Waals surface area contributed by atoms with Gasteiger partial charge in [-0.2, -0.15) is 0 Å². The molecule has 0 atom stereocenters. The lowest BCUT2D eigenvalue weighted by atomic mass is 10.2. The third kappa shape index (κ3) is 4.92. The molecule has 0 saturated heterocycles. The van der Waals surface area contributed by atoms with Gasteiger partial charge < -0.3 is 15.8 Å². The van der Waals surface area contributed by atoms with Crippen molar-refractivity contribution in [3.05, 3.63) is 59.7 Å². The van der Waals surface area contributed by atoms with E-state index in [4.69, 9.17) is 10.5 Å². The predicted octanol–water partition coefficient (Wildman–Crippen LogP) is 3.69. The quantitative estimate of drug-likeness (QED) is 0.701. The van der Waals surface area contributed by atoms with Crippen molar-refractivity contribution in [3.63, 3.8) is 0 Å². The van der Waals surface area contributed by atoms with Crippen molar-refractivity contribution < 1.29 is 9.13 Å². The van der Waals surface area contributed by atoms with Gasteiger partial charge in [0.15, 0.2) is 0 Å². The number of hydrogen-bond donors (Lipinski definition) is 2. The molecule has 0 bridgehead atoms. The maximum atomic E-state index is 13.5. The molecule has 1 heterocycles. The Hall–Kier alpha value is -2.15. The van der Waals surface area contributed by atoms with Gasteiger partial charge in [-0.25, -0.2) is 14.4 Å². The van der Waals surface area contributed by atoms with Gasteiger partial charge in [0.2, 0.25) is 0 Å². The zero-order valence-corrected chi connectivity index (χ0v) is 15.2. The second-order valence-electron chi connectivity index (χ2n) is 5.06. The number of nitrogens with one attached hydrogen (secondary N) is 1. The smallest absolute Gasteiger partial charge is 0.144 e. The minimum absolute atomic E-state index is 0. The van der Waals surface area contributed by atoms with Crippen molar-refractivity contribution in [3.8, 4) is 5.75 Å². The Morgan fingerprint density at radius 3 is 2.44 bits per heavy atom. The molecule has 0 aliphatic carbocycles. The molecular formula is C17H19Cl2FN4O. The predicted molar refractivity (Wildman–Crippen MR) is 102 cm³/mol. The largest absolute Gasteiger partial charge is 0.497 e. The Balaban J connectivity index is 0.00000156. The fourth-order valence-electron chi connectivity index (χ4n) is 2.30. The van der Waals surface area contributed by atoms with E-state index in [9.17, 15) is 4.39 Å². The van der Waals surface area contributed by atoms with Gasteiger partial charge in [0, 0.05) is 11.9 Å². The molecule has 0 spiro atoms. The number of methoxy groups -OCH3 is 1. The van der Waals surface area contributed by atoms with Crippen LogP contribution < -0.4 is 15.8 Å². The van der Waals surface area contributed by atoms with Gasteiger partial charge in [-0.15, -0.1) is 24.8 Å². The molecule has 0 saturated carbocycles. The molecule has 0 unspecified atom stereocenters. The third-order valence-corrected chi connectivity index (χ3v) is 3.51. The van der Waals surface area contributed by atoms with Gasteiger partial charge in [0.1, 0.15) is 23.2 Å². The van der Waals surface area contributed by atoms with E-state index in [2.05, 4.69) is 15.3 Å². The zero-order chi connectivity index (χ0) is 16.2. The summed E-state index contributed by atoms with van der Waals surface area (Å²) in [6.07, 6.45) is 0. The maximum Gasteiger partial charge on any atom is 0.144 e. The molecule has 3 rings (SSSR count). The van der Waals surface area contributed by atoms with Crippen LogP contribution in [0.2, 0.25) is 0 Å². The molecular weight excluding hydrogens is 366 g/mol. The van der Waals surface area contributed by atoms with Crippen LogP contribution in [0.3, 0.4) is 0 Å². The van der Waals surface area contributed by atoms with Crippen LogP contribution in [0, 0.1) is 5.82 Å². The molecule has 0 aliphatic rings. The van der Waals surface area contributed by atoms with Crippen LogP contribution in [0.5, 0.6) is 5.75 Å². The van der Waals surface area contributed by atoms with Crippen molar-refractivity contribution in [2.24, 2.45) is 5.73 Å². The van der Waals surface area contributed by atoms with E-state index in [1.165, 1.54) is 12.1 Å². The Labute approximate surface area is 157 Å². The molecule has 8 heteroatoms. The monoisotopic (exact) mass is 384 g/mol. The van der Waals surface area contributed by atoms with Crippen LogP contribution >= 0.6 is 24.8 Å². The molecule has 0 aliphatic heterocycles. The van der Waals surface area contributed by atoms with Crippen molar-refractivity contribution in [1.29, 1.82) is 0 Å². The zero-order valence-electron chi connectivity index (χ0n) is 13.5. The molecule has 0 fully saturated rings. The Bertz CT molecular complexity index is 831. The second-order valence-corrected chi connectivity index (χ2v) is 5.06. The first-order valence-electron chi connectivity index (χ1n) is 7.22. The fraction of sp³-hybridized carbons (Fsp3) is 0.176. The minimum atomic E-state index is -0.325. The summed E-state index contributed by atoms with van der Waals surface area (Å²) in [6, 6.07) is 12.1. The number of nitrogens with two attached hydrogens (primary N) is 1. The van der Waals surface area contributed by atoms with Crippen molar-refractivity contribution in [1.82, 2.24) is 9.97 Å². The molecule has 5 nitrogen and oxygen atoms in total. The summed E-state index contributed by atoms with van der Waals surface area (Å²) in [5.41, 5.74) is 7.36. The number of anilines is 1. The van der Waals surface area contributed by atoms with E-state index in [1.807, 2.05) is 24.3 Å². The summed E-state index contributed by atoms with van der Waals surface area (Å²) >= 11 is 0. The Morgan fingerprint density at radius 1 is 1.08 bits per heavy atom. The normalized spacial score (nSPS) is 9.88. The van der Waals surface area contributed by atoms with Crippen LogP contribution in [0.25, 0.3) is 10.9 Å². The highest BCUT2D eigenvalue weighted by atomic mass is 35.5. The first-order valence-corrected chi connectivity index (χ1v) is 7.22. The van der Waals surface area contributed by atoms with E-state index in [0.717, 1.165) is 11.3 Å². The average molecular weight is 385 g/mol. The molecule has 3 aromatic rings. The van der Waals surface area contributed by atoms with E-state index < -0.39 is 0 Å². The minimum Gasteiger partial charge on any atom is -0.497 e. The Morgan fingerprint density at radius 2 is 1.80 bits per heavy atom. The summed E-state index contributed by atoms with van der Waals surface area (Å²) in [5, 5.41) is 3.86. The topological polar surface area (TPSA) is 73.1 Å². The maximum absolute atomic E-state index is 13.5. The van der Waals surface area contributed by atoms with Crippen molar-refractivity contribution >= 4 is 41.5 Å². The van der Waals surface area contributed by atoms with Crippen LogP contribution in [0.1, 0.15) is 11.4 Å². The number of aromatic nitrogens is 2. The lowest BCUT2D eigenvalue weighted by Gasteiger charge is -2.11. The first-order chi connectivity index (χ1) is 11.2. The van der Waals surface area contributed by atoms with Crippen molar-refractivity contribution in [2.45, 2.75) is 13.1 Å². The molecule has 0 amide bonds. The number of benzene rings is 2. The second kappa shape index (κ2) is 9.36. The van der Waals surface area contributed by atoms with Gasteiger partial charge in [-0.3, -0.25) is 0 Å². The number of halogens is 3. The molecule has 3 N–H and O–H groups in total. The fourth-order valence-corrected chi connectivity index (χ4v) is 2.30. The summed E-state index contributed by atoms with van der Waals surface area (Å²) in [5.74, 6) is 1.56. The third-order valence-electron chi connectivity index (χ3n) is 3.51. The molecule has 0 radical (unpaired) electrons. The van der Waals surface area contributed by atoms with Crippen LogP contribution in [0.15, 0.2) is 42.5 Å². The van der Waals surface area contributed by atoms with E-state index in [1.54, 1.807) is 13.2 Å². The van der Waals surface area contributed by atoms with Gasteiger partial charge in [0.25, 0.3) is 0 Å². The molecule has 134 valence electrons. The molecule has 2 aromatic carbocycles. The first kappa shape index (κ1) is 20.9. The van der Waals surface area contributed by atoms with Crippen LogP contribution in [-0.2, 0) is 13.1 Å². The number of hydrogen-bond acceptors (Lipinski definition) is 5. The van der Waals surface area contributed by atoms with Crippen LogP contribution in [0.4, 0.5) is 10.2 Å². The van der Waals surface area contributed by atoms with E-state index in [0.29, 0.717) is 29.1 Å². The molecule has 1 aromatic heterocycles. The summed E-state index contributed by atoms with van der Waals surface area (Å²) < 4.78 is 18.7. The number of nitrogens with zero attached hydrogens (tertiary/aromatic N) is 2. The highest BCUT2D eigenvalue weighted by Crippen LogP contribution is 2.22. The van der Waals surface area contributed by atoms with E-state index >= 15 is 0 Å². The standard InChI is InChI=1S/C17H17FN4O.2ClH/c1-23-13-5-2-11(3-6-13)10-20-17-14-8-12(18)4-7-15(14)21-16(9-19)22-17;;/h2-8H,9-10,19H2,1H3,(H,20,21,22);2*1H. The molecule has 25 heavy (non-hydrogen) atoms. The van der Waals surface area contributed by atoms with Gasteiger partial charge in [-0.05, 0) is 35.9 Å². The highest BCUT2D eigenvalue weighted by Gasteiger charge is 2.08. The number of fused-ring (bicyclic) bond motifs is 1.